The van der Waals surface area contributed by atoms with Crippen LogP contribution in [-0.4, -0.2) is 31.7 Å². The minimum Gasteiger partial charge on any atom is -0.330 e. The van der Waals surface area contributed by atoms with Gasteiger partial charge in [0.1, 0.15) is 5.69 Å². The Labute approximate surface area is 87.1 Å². The summed E-state index contributed by atoms with van der Waals surface area (Å²) in [5.41, 5.74) is 7.29. The van der Waals surface area contributed by atoms with Gasteiger partial charge in [0.05, 0.1) is 7.05 Å². The normalized spacial score (nSPS) is 10.5. The zero-order valence-electron chi connectivity index (χ0n) is 8.46. The first-order chi connectivity index (χ1) is 7.29. The second-order valence-electron chi connectivity index (χ2n) is 3.19. The van der Waals surface area contributed by atoms with E-state index in [1.165, 1.54) is 4.80 Å². The van der Waals surface area contributed by atoms with Crippen molar-refractivity contribution in [1.29, 1.82) is 0 Å². The number of aromatic nitrogens is 5. The van der Waals surface area contributed by atoms with Gasteiger partial charge in [0.15, 0.2) is 0 Å². The third kappa shape index (κ3) is 2.16. The number of hydrogen-bond acceptors (Lipinski definition) is 5. The number of tetrazole rings is 1. The van der Waals surface area contributed by atoms with Crippen LogP contribution in [0.4, 0.5) is 0 Å². The van der Waals surface area contributed by atoms with Crippen molar-refractivity contribution in [2.24, 2.45) is 12.8 Å². The fraction of sp³-hybridized carbons (Fsp3) is 0.333. The third-order valence-electron chi connectivity index (χ3n) is 2.00. The summed E-state index contributed by atoms with van der Waals surface area (Å²) in [6, 6.07) is 3.85. The fourth-order valence-corrected chi connectivity index (χ4v) is 1.26. The molecule has 0 aliphatic carbocycles. The van der Waals surface area contributed by atoms with Crippen molar-refractivity contribution in [3.05, 3.63) is 23.9 Å². The van der Waals surface area contributed by atoms with E-state index in [4.69, 9.17) is 5.73 Å². The van der Waals surface area contributed by atoms with E-state index in [2.05, 4.69) is 20.4 Å². The maximum Gasteiger partial charge on any atom is 0.223 e. The highest BCUT2D eigenvalue weighted by Crippen LogP contribution is 2.10. The van der Waals surface area contributed by atoms with Crippen LogP contribution in [0.3, 0.4) is 0 Å². The molecule has 0 saturated heterocycles. The van der Waals surface area contributed by atoms with Gasteiger partial charge in [-0.1, -0.05) is 6.07 Å². The lowest BCUT2D eigenvalue weighted by molar-refractivity contribution is 0.630. The lowest BCUT2D eigenvalue weighted by Crippen LogP contribution is -2.03. The molecule has 15 heavy (non-hydrogen) atoms. The monoisotopic (exact) mass is 204 g/mol. The first kappa shape index (κ1) is 9.72. The molecule has 0 spiro atoms. The van der Waals surface area contributed by atoms with E-state index in [-0.39, 0.29) is 0 Å². The van der Waals surface area contributed by atoms with Gasteiger partial charge in [-0.15, -0.1) is 10.2 Å². The van der Waals surface area contributed by atoms with Crippen LogP contribution in [0.1, 0.15) is 5.56 Å². The van der Waals surface area contributed by atoms with Gasteiger partial charge >= 0.3 is 0 Å². The van der Waals surface area contributed by atoms with Crippen LogP contribution in [-0.2, 0) is 13.5 Å². The van der Waals surface area contributed by atoms with Crippen molar-refractivity contribution in [3.8, 4) is 11.5 Å². The molecule has 2 rings (SSSR count). The summed E-state index contributed by atoms with van der Waals surface area (Å²) in [5.74, 6) is 0.539. The van der Waals surface area contributed by atoms with E-state index in [1.807, 2.05) is 12.1 Å². The average molecular weight is 204 g/mol. The van der Waals surface area contributed by atoms with Crippen LogP contribution in [0.5, 0.6) is 0 Å². The van der Waals surface area contributed by atoms with Gasteiger partial charge in [-0.25, -0.2) is 0 Å². The molecule has 0 amide bonds. The van der Waals surface area contributed by atoms with E-state index >= 15 is 0 Å². The predicted molar refractivity (Wildman–Crippen MR) is 54.8 cm³/mol. The molecule has 2 aromatic heterocycles. The molecule has 0 aliphatic heterocycles. The highest BCUT2D eigenvalue weighted by Gasteiger charge is 2.04. The molecule has 2 heterocycles. The summed E-state index contributed by atoms with van der Waals surface area (Å²) in [5, 5.41) is 11.7. The van der Waals surface area contributed by atoms with Gasteiger partial charge in [0.25, 0.3) is 0 Å². The second-order valence-corrected chi connectivity index (χ2v) is 3.19. The molecule has 0 atom stereocenters. The summed E-state index contributed by atoms with van der Waals surface area (Å²) in [7, 11) is 1.72. The van der Waals surface area contributed by atoms with Crippen molar-refractivity contribution in [3.63, 3.8) is 0 Å². The number of nitrogens with two attached hydrogens (primary N) is 1. The molecular weight excluding hydrogens is 192 g/mol. The Morgan fingerprint density at radius 3 is 2.80 bits per heavy atom. The predicted octanol–water partition coefficient (Wildman–Crippen LogP) is -0.227. The Bertz CT molecular complexity index is 432. The Morgan fingerprint density at radius 1 is 1.40 bits per heavy atom. The molecule has 2 N–H and O–H groups in total. The smallest absolute Gasteiger partial charge is 0.223 e. The maximum atomic E-state index is 5.45. The van der Waals surface area contributed by atoms with E-state index in [0.717, 1.165) is 17.7 Å². The molecule has 0 unspecified atom stereocenters. The van der Waals surface area contributed by atoms with Crippen molar-refractivity contribution < 1.29 is 0 Å². The Morgan fingerprint density at radius 2 is 2.27 bits per heavy atom. The topological polar surface area (TPSA) is 82.5 Å². The van der Waals surface area contributed by atoms with Crippen LogP contribution >= 0.6 is 0 Å². The summed E-state index contributed by atoms with van der Waals surface area (Å²) >= 11 is 0. The van der Waals surface area contributed by atoms with E-state index in [0.29, 0.717) is 12.4 Å². The van der Waals surface area contributed by atoms with E-state index in [1.54, 1.807) is 13.2 Å². The molecule has 2 aromatic rings. The Kier molecular flexibility index (Phi) is 2.68. The van der Waals surface area contributed by atoms with Crippen LogP contribution in [0, 0.1) is 0 Å². The number of pyridine rings is 1. The van der Waals surface area contributed by atoms with Gasteiger partial charge < -0.3 is 5.73 Å². The van der Waals surface area contributed by atoms with Crippen molar-refractivity contribution in [2.75, 3.05) is 6.54 Å². The van der Waals surface area contributed by atoms with Gasteiger partial charge in [-0.05, 0) is 29.8 Å². The average Bonchev–Trinajstić information content (AvgIpc) is 2.67. The minimum absolute atomic E-state index is 0.539. The number of hydrogen-bond donors (Lipinski definition) is 1. The van der Waals surface area contributed by atoms with Crippen LogP contribution in [0.2, 0.25) is 0 Å². The quantitative estimate of drug-likeness (QED) is 0.747. The zero-order chi connectivity index (χ0) is 10.7. The molecule has 0 bridgehead atoms. The molecule has 6 heteroatoms. The number of nitrogens with zero attached hydrogens (tertiary/aromatic N) is 5. The van der Waals surface area contributed by atoms with Gasteiger partial charge in [0, 0.05) is 6.20 Å². The highest BCUT2D eigenvalue weighted by atomic mass is 15.6. The molecule has 0 fully saturated rings. The lowest BCUT2D eigenvalue weighted by atomic mass is 10.2. The fourth-order valence-electron chi connectivity index (χ4n) is 1.26. The molecule has 0 saturated carbocycles. The zero-order valence-corrected chi connectivity index (χ0v) is 8.46. The summed E-state index contributed by atoms with van der Waals surface area (Å²) in [6.07, 6.45) is 2.62. The molecule has 6 nitrogen and oxygen atoms in total. The summed E-state index contributed by atoms with van der Waals surface area (Å²) in [4.78, 5) is 5.65. The van der Waals surface area contributed by atoms with Crippen molar-refractivity contribution in [1.82, 2.24) is 25.2 Å². The van der Waals surface area contributed by atoms with E-state index < -0.39 is 0 Å². The van der Waals surface area contributed by atoms with E-state index in [9.17, 15) is 0 Å². The highest BCUT2D eigenvalue weighted by molar-refractivity contribution is 5.47. The van der Waals surface area contributed by atoms with Crippen molar-refractivity contribution >= 4 is 0 Å². The minimum atomic E-state index is 0.539. The first-order valence-corrected chi connectivity index (χ1v) is 4.69. The summed E-state index contributed by atoms with van der Waals surface area (Å²) in [6.45, 7) is 0.629. The maximum absolute atomic E-state index is 5.45. The molecule has 0 aromatic carbocycles. The second kappa shape index (κ2) is 4.14. The van der Waals surface area contributed by atoms with Gasteiger partial charge in [-0.2, -0.15) is 4.80 Å². The third-order valence-corrected chi connectivity index (χ3v) is 2.00. The van der Waals surface area contributed by atoms with Crippen LogP contribution in [0.25, 0.3) is 11.5 Å². The first-order valence-electron chi connectivity index (χ1n) is 4.69. The standard InChI is InChI=1S/C9H12N6/c1-15-13-9(12-14-15)8-3-2-7(4-5-10)6-11-8/h2-3,6H,4-5,10H2,1H3. The summed E-state index contributed by atoms with van der Waals surface area (Å²) < 4.78 is 0. The number of rotatable bonds is 3. The molecule has 78 valence electrons. The SMILES string of the molecule is Cn1nnc(-c2ccc(CCN)cn2)n1. The molecular formula is C9H12N6. The Hall–Kier alpha value is -1.82. The largest absolute Gasteiger partial charge is 0.330 e. The Balaban J connectivity index is 2.23. The number of aryl methyl sites for hydroxylation is 1. The van der Waals surface area contributed by atoms with Crippen LogP contribution < -0.4 is 5.73 Å². The molecule has 0 radical (unpaired) electrons. The van der Waals surface area contributed by atoms with Gasteiger partial charge in [-0.3, -0.25) is 4.98 Å². The lowest BCUT2D eigenvalue weighted by Gasteiger charge is -1.98. The van der Waals surface area contributed by atoms with Crippen molar-refractivity contribution in [2.45, 2.75) is 6.42 Å². The van der Waals surface area contributed by atoms with Gasteiger partial charge in [0.2, 0.25) is 5.82 Å². The molecule has 0 aliphatic rings. The van der Waals surface area contributed by atoms with Crippen LogP contribution in [0.15, 0.2) is 18.3 Å².